The van der Waals surface area contributed by atoms with Gasteiger partial charge in [0, 0.05) is 13.5 Å². The number of hydrogen-bond acceptors (Lipinski definition) is 1. The molecular weight excluding hydrogens is 419 g/mol. The highest BCUT2D eigenvalue weighted by atomic mass is 31.1. The molecular formula is C31H33OP. The van der Waals surface area contributed by atoms with Crippen LogP contribution in [0.3, 0.4) is 0 Å². The summed E-state index contributed by atoms with van der Waals surface area (Å²) >= 11 is 0. The molecule has 0 unspecified atom stereocenters. The zero-order valence-electron chi connectivity index (χ0n) is 20.0. The van der Waals surface area contributed by atoms with Gasteiger partial charge >= 0.3 is 0 Å². The fourth-order valence-electron chi connectivity index (χ4n) is 4.21. The van der Waals surface area contributed by atoms with Gasteiger partial charge in [-0.15, -0.1) is 0 Å². The van der Waals surface area contributed by atoms with Crippen molar-refractivity contribution in [3.63, 3.8) is 0 Å². The number of hydrogen-bond donors (Lipinski definition) is 0. The summed E-state index contributed by atoms with van der Waals surface area (Å²) in [5, 5.41) is 4.11. The largest absolute Gasteiger partial charge is 0.376 e. The standard InChI is InChI=1S/C31H33OP/c1-31(2,3)25-20-21-28(29(32-4)22-24-14-8-5-9-15-24)30(23-25)33(26-16-10-6-11-17-26)27-18-12-7-13-19-27/h5-21,23,29H,22H2,1-4H3/t29-/m1/s1. The average Bonchev–Trinajstić information content (AvgIpc) is 2.84. The number of ether oxygens (including phenoxy) is 1. The molecule has 168 valence electrons. The van der Waals surface area contributed by atoms with Crippen LogP contribution >= 0.6 is 7.92 Å². The van der Waals surface area contributed by atoms with Gasteiger partial charge in [-0.1, -0.05) is 124 Å². The maximum Gasteiger partial charge on any atom is 0.0867 e. The third-order valence-corrected chi connectivity index (χ3v) is 8.56. The van der Waals surface area contributed by atoms with Crippen molar-refractivity contribution in [3.05, 3.63) is 126 Å². The minimum Gasteiger partial charge on any atom is -0.376 e. The molecule has 0 aliphatic carbocycles. The SMILES string of the molecule is CO[C@H](Cc1ccccc1)c1ccc(C(C)(C)C)cc1P(c1ccccc1)c1ccccc1. The maximum atomic E-state index is 6.14. The van der Waals surface area contributed by atoms with Crippen LogP contribution in [0.5, 0.6) is 0 Å². The summed E-state index contributed by atoms with van der Waals surface area (Å²) in [7, 11) is 1.11. The molecule has 0 heterocycles. The van der Waals surface area contributed by atoms with E-state index < -0.39 is 7.92 Å². The van der Waals surface area contributed by atoms with Crippen molar-refractivity contribution in [1.29, 1.82) is 0 Å². The van der Waals surface area contributed by atoms with Gasteiger partial charge < -0.3 is 4.74 Å². The van der Waals surface area contributed by atoms with Crippen LogP contribution in [-0.4, -0.2) is 7.11 Å². The molecule has 0 radical (unpaired) electrons. The molecule has 0 spiro atoms. The maximum absolute atomic E-state index is 6.14. The van der Waals surface area contributed by atoms with Gasteiger partial charge in [-0.3, -0.25) is 0 Å². The van der Waals surface area contributed by atoms with E-state index in [1.165, 1.54) is 32.6 Å². The second kappa shape index (κ2) is 10.5. The Labute approximate surface area is 200 Å². The van der Waals surface area contributed by atoms with Gasteiger partial charge in [0.2, 0.25) is 0 Å². The van der Waals surface area contributed by atoms with Crippen molar-refractivity contribution in [2.75, 3.05) is 7.11 Å². The van der Waals surface area contributed by atoms with Gasteiger partial charge in [-0.2, -0.15) is 0 Å². The summed E-state index contributed by atoms with van der Waals surface area (Å²) in [6, 6.07) is 39.6. The Kier molecular flexibility index (Phi) is 7.43. The summed E-state index contributed by atoms with van der Waals surface area (Å²) in [4.78, 5) is 0. The molecule has 2 heteroatoms. The third kappa shape index (κ3) is 5.61. The van der Waals surface area contributed by atoms with Gasteiger partial charge in [-0.05, 0) is 52.0 Å². The lowest BCUT2D eigenvalue weighted by Gasteiger charge is -2.29. The van der Waals surface area contributed by atoms with Crippen LogP contribution in [0.2, 0.25) is 0 Å². The second-order valence-electron chi connectivity index (χ2n) is 9.44. The predicted molar refractivity (Wildman–Crippen MR) is 144 cm³/mol. The molecule has 1 nitrogen and oxygen atoms in total. The van der Waals surface area contributed by atoms with E-state index in [9.17, 15) is 0 Å². The highest BCUT2D eigenvalue weighted by Crippen LogP contribution is 2.38. The molecule has 4 aromatic carbocycles. The first-order valence-electron chi connectivity index (χ1n) is 11.6. The Balaban J connectivity index is 1.91. The normalized spacial score (nSPS) is 12.6. The minimum atomic E-state index is -0.723. The molecule has 0 saturated carbocycles. The highest BCUT2D eigenvalue weighted by molar-refractivity contribution is 7.79. The smallest absolute Gasteiger partial charge is 0.0867 e. The summed E-state index contributed by atoms with van der Waals surface area (Å²) in [5.41, 5.74) is 4.01. The highest BCUT2D eigenvalue weighted by Gasteiger charge is 2.26. The van der Waals surface area contributed by atoms with E-state index in [1.807, 2.05) is 7.11 Å². The zero-order chi connectivity index (χ0) is 23.3. The molecule has 1 atom stereocenters. The molecule has 0 saturated heterocycles. The Hall–Kier alpha value is -2.73. The molecule has 0 aromatic heterocycles. The summed E-state index contributed by atoms with van der Waals surface area (Å²) in [6.45, 7) is 6.87. The first kappa shape index (κ1) is 23.4. The van der Waals surface area contributed by atoms with Crippen LogP contribution in [0.15, 0.2) is 109 Å². The fraction of sp³-hybridized carbons (Fsp3) is 0.226. The van der Waals surface area contributed by atoms with Crippen molar-refractivity contribution >= 4 is 23.8 Å². The lowest BCUT2D eigenvalue weighted by atomic mass is 9.86. The molecule has 4 aromatic rings. The molecule has 4 rings (SSSR count). The number of methoxy groups -OCH3 is 1. The van der Waals surface area contributed by atoms with Crippen molar-refractivity contribution < 1.29 is 4.74 Å². The van der Waals surface area contributed by atoms with Crippen LogP contribution in [0.4, 0.5) is 0 Å². The summed E-state index contributed by atoms with van der Waals surface area (Å²) in [6.07, 6.45) is 0.847. The Morgan fingerprint density at radius 2 is 1.21 bits per heavy atom. The molecule has 0 bridgehead atoms. The van der Waals surface area contributed by atoms with E-state index >= 15 is 0 Å². The topological polar surface area (TPSA) is 9.23 Å². The van der Waals surface area contributed by atoms with Crippen molar-refractivity contribution in [2.45, 2.75) is 38.7 Å². The van der Waals surface area contributed by atoms with Gasteiger partial charge in [0.15, 0.2) is 0 Å². The second-order valence-corrected chi connectivity index (χ2v) is 11.6. The van der Waals surface area contributed by atoms with E-state index in [0.717, 1.165) is 6.42 Å². The van der Waals surface area contributed by atoms with Crippen molar-refractivity contribution in [3.8, 4) is 0 Å². The van der Waals surface area contributed by atoms with E-state index in [-0.39, 0.29) is 11.5 Å². The Morgan fingerprint density at radius 1 is 0.697 bits per heavy atom. The first-order chi connectivity index (χ1) is 16.0. The monoisotopic (exact) mass is 452 g/mol. The van der Waals surface area contributed by atoms with Crippen molar-refractivity contribution in [2.24, 2.45) is 0 Å². The molecule has 33 heavy (non-hydrogen) atoms. The fourth-order valence-corrected chi connectivity index (χ4v) is 6.75. The number of benzene rings is 4. The lowest BCUT2D eigenvalue weighted by molar-refractivity contribution is 0.104. The van der Waals surface area contributed by atoms with Crippen LogP contribution < -0.4 is 15.9 Å². The van der Waals surface area contributed by atoms with E-state index in [0.29, 0.717) is 0 Å². The third-order valence-electron chi connectivity index (χ3n) is 6.06. The Bertz CT molecular complexity index is 1110. The van der Waals surface area contributed by atoms with E-state index in [4.69, 9.17) is 4.74 Å². The van der Waals surface area contributed by atoms with Gasteiger partial charge in [0.1, 0.15) is 0 Å². The predicted octanol–water partition coefficient (Wildman–Crippen LogP) is 6.67. The summed E-state index contributed by atoms with van der Waals surface area (Å²) < 4.78 is 6.14. The molecule has 0 fully saturated rings. The minimum absolute atomic E-state index is 0.00570. The first-order valence-corrected chi connectivity index (χ1v) is 12.9. The average molecular weight is 453 g/mol. The summed E-state index contributed by atoms with van der Waals surface area (Å²) in [5.74, 6) is 0. The lowest BCUT2D eigenvalue weighted by Crippen LogP contribution is -2.27. The van der Waals surface area contributed by atoms with Crippen molar-refractivity contribution in [1.82, 2.24) is 0 Å². The quantitative estimate of drug-likeness (QED) is 0.285. The molecule has 0 amide bonds. The van der Waals surface area contributed by atoms with E-state index in [1.54, 1.807) is 0 Å². The zero-order valence-corrected chi connectivity index (χ0v) is 20.9. The molecule has 0 aliphatic heterocycles. The Morgan fingerprint density at radius 3 is 1.70 bits per heavy atom. The van der Waals surface area contributed by atoms with E-state index in [2.05, 4.69) is 130 Å². The van der Waals surface area contributed by atoms with Crippen LogP contribution in [-0.2, 0) is 16.6 Å². The van der Waals surface area contributed by atoms with Gasteiger partial charge in [0.25, 0.3) is 0 Å². The number of rotatable bonds is 7. The van der Waals surface area contributed by atoms with Crippen LogP contribution in [0.25, 0.3) is 0 Å². The molecule has 0 N–H and O–H groups in total. The van der Waals surface area contributed by atoms with Gasteiger partial charge in [-0.25, -0.2) is 0 Å². The van der Waals surface area contributed by atoms with Crippen LogP contribution in [0, 0.1) is 0 Å². The van der Waals surface area contributed by atoms with Gasteiger partial charge in [0.05, 0.1) is 6.10 Å². The molecule has 0 aliphatic rings. The van der Waals surface area contributed by atoms with Crippen LogP contribution in [0.1, 0.15) is 43.6 Å².